The molecule has 0 unspecified atom stereocenters. The largest absolute Gasteiger partial charge is 0.494 e. The van der Waals surface area contributed by atoms with Gasteiger partial charge in [-0.25, -0.2) is 0 Å². The molecule has 1 aliphatic carbocycles. The Hall–Kier alpha value is -2.31. The van der Waals surface area contributed by atoms with Gasteiger partial charge in [-0.1, -0.05) is 61.7 Å². The number of hydrogen-bond donors (Lipinski definition) is 1. The number of ether oxygens (including phenoxy) is 1. The fraction of sp³-hybridized carbons (Fsp3) is 0.519. The Kier molecular flexibility index (Phi) is 7.15. The molecule has 2 aromatic rings. The first-order chi connectivity index (χ1) is 15.7. The Labute approximate surface area is 198 Å². The molecule has 4 rings (SSSR count). The highest BCUT2D eigenvalue weighted by Gasteiger charge is 2.51. The quantitative estimate of drug-likeness (QED) is 0.630. The topological polar surface area (TPSA) is 56.8 Å². The van der Waals surface area contributed by atoms with E-state index in [1.165, 1.54) is 19.3 Å². The Morgan fingerprint density at radius 3 is 2.33 bits per heavy atom. The Balaban J connectivity index is 1.53. The van der Waals surface area contributed by atoms with Gasteiger partial charge in [-0.3, -0.25) is 4.79 Å². The fourth-order valence-electron chi connectivity index (χ4n) is 4.44. The molecule has 0 aromatic heterocycles. The summed E-state index contributed by atoms with van der Waals surface area (Å²) in [6.07, 6.45) is 6.05. The second kappa shape index (κ2) is 9.90. The first-order valence-electron chi connectivity index (χ1n) is 12.2. The molecule has 6 heteroatoms. The average Bonchev–Trinajstić information content (AvgIpc) is 3.01. The van der Waals surface area contributed by atoms with E-state index in [9.17, 15) is 4.79 Å². The van der Waals surface area contributed by atoms with Crippen LogP contribution in [0.3, 0.4) is 0 Å². The van der Waals surface area contributed by atoms with Gasteiger partial charge in [0.25, 0.3) is 0 Å². The van der Waals surface area contributed by atoms with Crippen LogP contribution in [-0.2, 0) is 27.1 Å². The minimum atomic E-state index is -0.474. The predicted molar refractivity (Wildman–Crippen MR) is 132 cm³/mol. The first kappa shape index (κ1) is 23.8. The van der Waals surface area contributed by atoms with Crippen LogP contribution >= 0.6 is 0 Å². The third kappa shape index (κ3) is 5.79. The molecule has 0 bridgehead atoms. The molecular formula is C27H36BNO4. The summed E-state index contributed by atoms with van der Waals surface area (Å²) >= 11 is 0. The van der Waals surface area contributed by atoms with Crippen molar-refractivity contribution in [1.29, 1.82) is 0 Å². The van der Waals surface area contributed by atoms with E-state index in [0.29, 0.717) is 6.61 Å². The highest BCUT2D eigenvalue weighted by molar-refractivity contribution is 6.62. The van der Waals surface area contributed by atoms with Crippen molar-refractivity contribution in [3.05, 3.63) is 59.7 Å². The zero-order valence-corrected chi connectivity index (χ0v) is 20.4. The normalized spacial score (nSPS) is 19.9. The van der Waals surface area contributed by atoms with Gasteiger partial charge in [0.1, 0.15) is 12.4 Å². The number of hydrogen-bond acceptors (Lipinski definition) is 4. The highest BCUT2D eigenvalue weighted by Crippen LogP contribution is 2.36. The van der Waals surface area contributed by atoms with Crippen LogP contribution in [0.4, 0.5) is 0 Å². The smallest absolute Gasteiger partial charge is 0.489 e. The lowest BCUT2D eigenvalue weighted by molar-refractivity contribution is -0.121. The van der Waals surface area contributed by atoms with Gasteiger partial charge in [0.15, 0.2) is 0 Å². The van der Waals surface area contributed by atoms with E-state index in [0.717, 1.165) is 35.2 Å². The number of carbonyl (C=O) groups excluding carboxylic acids is 1. The van der Waals surface area contributed by atoms with Gasteiger partial charge in [-0.15, -0.1) is 0 Å². The maximum atomic E-state index is 12.9. The van der Waals surface area contributed by atoms with Gasteiger partial charge < -0.3 is 19.4 Å². The van der Waals surface area contributed by atoms with E-state index < -0.39 is 18.3 Å². The molecule has 0 radical (unpaired) electrons. The number of nitrogens with one attached hydrogen (secondary N) is 1. The monoisotopic (exact) mass is 449 g/mol. The molecule has 1 amide bonds. The van der Waals surface area contributed by atoms with Crippen LogP contribution in [0.1, 0.15) is 70.9 Å². The second-order valence-electron chi connectivity index (χ2n) is 10.3. The maximum Gasteiger partial charge on any atom is 0.494 e. The molecule has 33 heavy (non-hydrogen) atoms. The Bertz CT molecular complexity index is 938. The van der Waals surface area contributed by atoms with E-state index in [1.54, 1.807) is 0 Å². The maximum absolute atomic E-state index is 12.9. The summed E-state index contributed by atoms with van der Waals surface area (Å²) < 4.78 is 18.6. The van der Waals surface area contributed by atoms with Crippen molar-refractivity contribution in [3.8, 4) is 5.75 Å². The summed E-state index contributed by atoms with van der Waals surface area (Å²) in [6, 6.07) is 16.3. The summed E-state index contributed by atoms with van der Waals surface area (Å²) in [7, 11) is -0.474. The minimum Gasteiger partial charge on any atom is -0.489 e. The number of benzene rings is 2. The van der Waals surface area contributed by atoms with Crippen molar-refractivity contribution >= 4 is 18.5 Å². The van der Waals surface area contributed by atoms with Crippen LogP contribution in [0.15, 0.2) is 48.5 Å². The lowest BCUT2D eigenvalue weighted by Crippen LogP contribution is -2.41. The Morgan fingerprint density at radius 1 is 1.00 bits per heavy atom. The van der Waals surface area contributed by atoms with Gasteiger partial charge in [0.2, 0.25) is 5.91 Å². The van der Waals surface area contributed by atoms with Gasteiger partial charge in [-0.05, 0) is 57.6 Å². The first-order valence-corrected chi connectivity index (χ1v) is 12.2. The molecule has 1 N–H and O–H groups in total. The average molecular weight is 449 g/mol. The molecule has 0 spiro atoms. The van der Waals surface area contributed by atoms with Crippen molar-refractivity contribution in [1.82, 2.24) is 5.32 Å². The van der Waals surface area contributed by atoms with Crippen LogP contribution < -0.4 is 15.5 Å². The molecule has 5 nitrogen and oxygen atoms in total. The van der Waals surface area contributed by atoms with Crippen LogP contribution in [0.25, 0.3) is 0 Å². The summed E-state index contributed by atoms with van der Waals surface area (Å²) in [4.78, 5) is 12.9. The van der Waals surface area contributed by atoms with Crippen molar-refractivity contribution < 1.29 is 18.8 Å². The zero-order chi connectivity index (χ0) is 23.5. The van der Waals surface area contributed by atoms with Crippen LogP contribution in [0, 0.1) is 0 Å². The summed E-state index contributed by atoms with van der Waals surface area (Å²) in [6.45, 7) is 8.63. The van der Waals surface area contributed by atoms with Crippen LogP contribution in [0.5, 0.6) is 5.75 Å². The number of amides is 1. The second-order valence-corrected chi connectivity index (χ2v) is 10.3. The predicted octanol–water partition coefficient (Wildman–Crippen LogP) is 4.56. The lowest BCUT2D eigenvalue weighted by Gasteiger charge is -2.32. The fourth-order valence-corrected chi connectivity index (χ4v) is 4.44. The number of carbonyl (C=O) groups is 1. The van der Waals surface area contributed by atoms with Gasteiger partial charge in [0.05, 0.1) is 17.6 Å². The van der Waals surface area contributed by atoms with E-state index >= 15 is 0 Å². The number of rotatable bonds is 7. The molecule has 2 aromatic carbocycles. The molecule has 1 saturated carbocycles. The Morgan fingerprint density at radius 2 is 1.67 bits per heavy atom. The SMILES string of the molecule is CC1(C)OB(c2ccc(OCc3ccccc3)c(CC(=O)NC3CCCCC3)c2)OC1(C)C. The van der Waals surface area contributed by atoms with Gasteiger partial charge in [0, 0.05) is 11.6 Å². The third-order valence-electron chi connectivity index (χ3n) is 7.17. The molecule has 176 valence electrons. The van der Waals surface area contributed by atoms with E-state index in [4.69, 9.17) is 14.0 Å². The molecule has 1 saturated heterocycles. The molecular weight excluding hydrogens is 413 g/mol. The standard InChI is InChI=1S/C27H36BNO4/c1-26(2)27(3,4)33-28(32-26)22-15-16-24(31-19-20-11-7-5-8-12-20)21(17-22)18-25(30)29-23-13-9-6-10-14-23/h5,7-8,11-12,15-17,23H,6,9-10,13-14,18-19H2,1-4H3,(H,29,30). The molecule has 1 heterocycles. The summed E-state index contributed by atoms with van der Waals surface area (Å²) in [5.74, 6) is 0.760. The molecule has 2 aliphatic rings. The van der Waals surface area contributed by atoms with Crippen LogP contribution in [-0.4, -0.2) is 30.3 Å². The van der Waals surface area contributed by atoms with E-state index in [-0.39, 0.29) is 18.4 Å². The van der Waals surface area contributed by atoms with Crippen molar-refractivity contribution in [2.24, 2.45) is 0 Å². The van der Waals surface area contributed by atoms with Crippen molar-refractivity contribution in [3.63, 3.8) is 0 Å². The van der Waals surface area contributed by atoms with Crippen LogP contribution in [0.2, 0.25) is 0 Å². The molecule has 2 fully saturated rings. The highest BCUT2D eigenvalue weighted by atomic mass is 16.7. The van der Waals surface area contributed by atoms with E-state index in [1.807, 2.05) is 76.2 Å². The van der Waals surface area contributed by atoms with Crippen molar-refractivity contribution in [2.45, 2.75) is 90.1 Å². The third-order valence-corrected chi connectivity index (χ3v) is 7.17. The minimum absolute atomic E-state index is 0.0394. The summed E-state index contributed by atoms with van der Waals surface area (Å²) in [5.41, 5.74) is 2.01. The lowest BCUT2D eigenvalue weighted by atomic mass is 9.78. The van der Waals surface area contributed by atoms with Gasteiger partial charge in [-0.2, -0.15) is 0 Å². The van der Waals surface area contributed by atoms with Crippen molar-refractivity contribution in [2.75, 3.05) is 0 Å². The molecule has 1 aliphatic heterocycles. The van der Waals surface area contributed by atoms with E-state index in [2.05, 4.69) is 5.32 Å². The summed E-state index contributed by atoms with van der Waals surface area (Å²) in [5, 5.41) is 3.23. The molecule has 0 atom stereocenters. The zero-order valence-electron chi connectivity index (χ0n) is 20.4. The van der Waals surface area contributed by atoms with Gasteiger partial charge >= 0.3 is 7.12 Å².